The van der Waals surface area contributed by atoms with Gasteiger partial charge in [0.25, 0.3) is 7.82 Å². The summed E-state index contributed by atoms with van der Waals surface area (Å²) < 4.78 is 33.5. The van der Waals surface area contributed by atoms with Crippen LogP contribution in [0.5, 0.6) is 0 Å². The van der Waals surface area contributed by atoms with Crippen LogP contribution in [0.1, 0.15) is 136 Å². The zero-order valence-corrected chi connectivity index (χ0v) is 34.6. The molecule has 0 aromatic rings. The third-order valence-corrected chi connectivity index (χ3v) is 8.95. The predicted octanol–water partition coefficient (Wildman–Crippen LogP) is 9.45. The largest absolute Gasteiger partial charge is 0.756 e. The molecule has 53 heavy (non-hydrogen) atoms. The highest BCUT2D eigenvalue weighted by Gasteiger charge is 2.21. The Bertz CT molecular complexity index is 1150. The predicted molar refractivity (Wildman–Crippen MR) is 213 cm³/mol. The summed E-state index contributed by atoms with van der Waals surface area (Å²) in [4.78, 5) is 49.5. The van der Waals surface area contributed by atoms with Gasteiger partial charge in [-0.15, -0.1) is 0 Å². The second-order valence-corrected chi connectivity index (χ2v) is 15.7. The summed E-state index contributed by atoms with van der Waals surface area (Å²) in [7, 11) is 1.02. The van der Waals surface area contributed by atoms with E-state index in [9.17, 15) is 23.8 Å². The van der Waals surface area contributed by atoms with Gasteiger partial charge in [-0.05, 0) is 63.9 Å². The normalized spacial score (nSPS) is 14.2. The smallest absolute Gasteiger partial charge is 0.306 e. The molecule has 0 amide bonds. The van der Waals surface area contributed by atoms with E-state index >= 15 is 0 Å². The van der Waals surface area contributed by atoms with Gasteiger partial charge in [-0.2, -0.15) is 0 Å². The van der Waals surface area contributed by atoms with Gasteiger partial charge in [-0.25, -0.2) is 0 Å². The van der Waals surface area contributed by atoms with Gasteiger partial charge in [-0.1, -0.05) is 113 Å². The van der Waals surface area contributed by atoms with Gasteiger partial charge in [0.2, 0.25) is 0 Å². The third-order valence-electron chi connectivity index (χ3n) is 7.99. The number of likely N-dealkylation sites (N-methyl/N-ethyl adjacent to an activating group) is 1. The number of quaternary nitrogens is 1. The first kappa shape index (κ1) is 50.4. The number of carbonyl (C=O) groups is 3. The molecule has 10 nitrogen and oxygen atoms in total. The SMILES string of the molecule is CCCC/C=C\CCCCCCCC(=O)O[C@H](COC(=O)CCCC(=O)/C=C/C=C\C/C=C\C/C=C\CCCCC)COP(=O)([O-])OCC[N+](C)(C)C. The lowest BCUT2D eigenvalue weighted by Gasteiger charge is -2.28. The highest BCUT2D eigenvalue weighted by molar-refractivity contribution is 7.45. The molecule has 0 heterocycles. The second kappa shape index (κ2) is 33.9. The topological polar surface area (TPSA) is 128 Å². The van der Waals surface area contributed by atoms with Gasteiger partial charge >= 0.3 is 11.9 Å². The maximum absolute atomic E-state index is 12.6. The number of phosphoric ester groups is 1. The number of carbonyl (C=O) groups excluding carboxylic acids is 3. The zero-order chi connectivity index (χ0) is 39.5. The van der Waals surface area contributed by atoms with Crippen LogP contribution in [0, 0.1) is 0 Å². The summed E-state index contributed by atoms with van der Waals surface area (Å²) in [5.74, 6) is -1.22. The number of nitrogens with zero attached hydrogens (tertiary/aromatic N) is 1. The Morgan fingerprint density at radius 2 is 1.23 bits per heavy atom. The lowest BCUT2D eigenvalue weighted by Crippen LogP contribution is -2.37. The molecule has 11 heteroatoms. The summed E-state index contributed by atoms with van der Waals surface area (Å²) in [6.07, 6.45) is 35.5. The van der Waals surface area contributed by atoms with Crippen LogP contribution in [0.25, 0.3) is 0 Å². The Morgan fingerprint density at radius 3 is 1.92 bits per heavy atom. The van der Waals surface area contributed by atoms with Crippen molar-refractivity contribution >= 4 is 25.5 Å². The van der Waals surface area contributed by atoms with Crippen LogP contribution in [0.2, 0.25) is 0 Å². The molecule has 1 unspecified atom stereocenters. The number of esters is 2. The summed E-state index contributed by atoms with van der Waals surface area (Å²) in [6, 6.07) is 0. The zero-order valence-electron chi connectivity index (χ0n) is 33.7. The molecule has 0 saturated carbocycles. The highest BCUT2D eigenvalue weighted by atomic mass is 31.2. The van der Waals surface area contributed by atoms with Gasteiger partial charge in [0, 0.05) is 19.3 Å². The Kier molecular flexibility index (Phi) is 32.2. The Labute approximate surface area is 322 Å². The van der Waals surface area contributed by atoms with E-state index < -0.39 is 32.5 Å². The number of allylic oxidation sites excluding steroid dienone is 10. The van der Waals surface area contributed by atoms with Crippen LogP contribution in [0.3, 0.4) is 0 Å². The molecule has 0 aliphatic rings. The van der Waals surface area contributed by atoms with Crippen molar-refractivity contribution in [3.05, 3.63) is 60.8 Å². The van der Waals surface area contributed by atoms with E-state index in [-0.39, 0.29) is 44.7 Å². The number of phosphoric acid groups is 1. The van der Waals surface area contributed by atoms with Crippen LogP contribution in [0.15, 0.2) is 60.8 Å². The molecular formula is C42H72NO9P. The lowest BCUT2D eigenvalue weighted by molar-refractivity contribution is -0.870. The van der Waals surface area contributed by atoms with Crippen molar-refractivity contribution in [3.8, 4) is 0 Å². The van der Waals surface area contributed by atoms with E-state index in [2.05, 4.69) is 50.3 Å². The molecular weight excluding hydrogens is 693 g/mol. The summed E-state index contributed by atoms with van der Waals surface area (Å²) in [6.45, 7) is 3.83. The third kappa shape index (κ3) is 37.5. The average molecular weight is 766 g/mol. The summed E-state index contributed by atoms with van der Waals surface area (Å²) in [5, 5.41) is 0. The van der Waals surface area contributed by atoms with E-state index in [0.717, 1.165) is 57.8 Å². The number of unbranched alkanes of at least 4 members (excludes halogenated alkanes) is 10. The van der Waals surface area contributed by atoms with Crippen LogP contribution >= 0.6 is 7.82 Å². The first-order chi connectivity index (χ1) is 25.4. The van der Waals surface area contributed by atoms with Crippen molar-refractivity contribution in [1.82, 2.24) is 0 Å². The van der Waals surface area contributed by atoms with Crippen LogP contribution in [-0.2, 0) is 37.5 Å². The molecule has 0 N–H and O–H groups in total. The standard InChI is InChI=1S/C42H72NO9P/c1-6-8-10-12-14-16-18-19-21-22-24-26-28-31-39(44)32-30-34-41(45)49-37-40(38-51-53(47,48)50-36-35-43(3,4)5)52-42(46)33-29-27-25-23-20-17-15-13-11-9-7-2/h13-16,19,21,24,26,28,31,40H,6-12,17-18,20,22-23,25,27,29-30,32-38H2,1-5H3/b15-13-,16-14-,21-19-,26-24-,31-28+/t40-/m1/s1. The van der Waals surface area contributed by atoms with Crippen molar-refractivity contribution in [1.29, 1.82) is 0 Å². The molecule has 0 rings (SSSR count). The maximum atomic E-state index is 12.6. The number of ketones is 1. The first-order valence-electron chi connectivity index (χ1n) is 19.9. The molecule has 0 spiro atoms. The van der Waals surface area contributed by atoms with E-state index in [1.54, 1.807) is 6.08 Å². The minimum Gasteiger partial charge on any atom is -0.756 e. The fourth-order valence-corrected chi connectivity index (χ4v) is 5.49. The van der Waals surface area contributed by atoms with Crippen LogP contribution < -0.4 is 4.89 Å². The second-order valence-electron chi connectivity index (χ2n) is 14.3. The van der Waals surface area contributed by atoms with Crippen molar-refractivity contribution in [2.24, 2.45) is 0 Å². The van der Waals surface area contributed by atoms with Crippen LogP contribution in [-0.4, -0.2) is 75.8 Å². The molecule has 0 fully saturated rings. The fraction of sp³-hybridized carbons (Fsp3) is 0.690. The van der Waals surface area contributed by atoms with Crippen molar-refractivity contribution in [2.45, 2.75) is 142 Å². The molecule has 0 aromatic heterocycles. The summed E-state index contributed by atoms with van der Waals surface area (Å²) >= 11 is 0. The van der Waals surface area contributed by atoms with Gasteiger partial charge in [0.1, 0.15) is 19.8 Å². The minimum atomic E-state index is -4.68. The van der Waals surface area contributed by atoms with Crippen molar-refractivity contribution in [3.63, 3.8) is 0 Å². The number of rotatable bonds is 35. The van der Waals surface area contributed by atoms with Crippen LogP contribution in [0.4, 0.5) is 0 Å². The maximum Gasteiger partial charge on any atom is 0.306 e. The number of ether oxygens (including phenoxy) is 2. The van der Waals surface area contributed by atoms with Crippen molar-refractivity contribution in [2.75, 3.05) is 47.5 Å². The van der Waals surface area contributed by atoms with E-state index in [4.69, 9.17) is 18.5 Å². The Balaban J connectivity index is 4.63. The highest BCUT2D eigenvalue weighted by Crippen LogP contribution is 2.38. The van der Waals surface area contributed by atoms with E-state index in [1.807, 2.05) is 33.3 Å². The summed E-state index contributed by atoms with van der Waals surface area (Å²) in [5.41, 5.74) is 0. The number of hydrogen-bond donors (Lipinski definition) is 0. The average Bonchev–Trinajstić information content (AvgIpc) is 3.09. The van der Waals surface area contributed by atoms with Crippen molar-refractivity contribution < 1.29 is 46.8 Å². The lowest BCUT2D eigenvalue weighted by atomic mass is 10.1. The fourth-order valence-electron chi connectivity index (χ4n) is 4.76. The first-order valence-corrected chi connectivity index (χ1v) is 21.4. The van der Waals surface area contributed by atoms with Gasteiger partial charge in [0.15, 0.2) is 11.9 Å². The molecule has 304 valence electrons. The van der Waals surface area contributed by atoms with E-state index in [0.29, 0.717) is 17.4 Å². The Morgan fingerprint density at radius 1 is 0.642 bits per heavy atom. The molecule has 0 bridgehead atoms. The minimum absolute atomic E-state index is 0.0163. The van der Waals surface area contributed by atoms with Gasteiger partial charge < -0.3 is 27.9 Å². The molecule has 0 aliphatic carbocycles. The molecule has 2 atom stereocenters. The number of hydrogen-bond acceptors (Lipinski definition) is 9. The Hall–Kier alpha value is -2.62. The van der Waals surface area contributed by atoms with E-state index in [1.165, 1.54) is 38.2 Å². The molecule has 0 aromatic carbocycles. The van der Waals surface area contributed by atoms with Gasteiger partial charge in [-0.3, -0.25) is 18.9 Å². The monoisotopic (exact) mass is 765 g/mol. The molecule has 0 saturated heterocycles. The quantitative estimate of drug-likeness (QED) is 0.0118. The molecule has 0 radical (unpaired) electrons. The molecule has 0 aliphatic heterocycles. The van der Waals surface area contributed by atoms with Gasteiger partial charge in [0.05, 0.1) is 27.7 Å².